The summed E-state index contributed by atoms with van der Waals surface area (Å²) in [6.07, 6.45) is 0.782. The molecule has 0 radical (unpaired) electrons. The van der Waals surface area contributed by atoms with E-state index in [0.29, 0.717) is 4.48 Å². The van der Waals surface area contributed by atoms with Gasteiger partial charge >= 0.3 is 32.0 Å². The van der Waals surface area contributed by atoms with Crippen LogP contribution in [0.1, 0.15) is 177 Å². The molecule has 4 rings (SSSR count). The molecule has 0 amide bonds. The van der Waals surface area contributed by atoms with Gasteiger partial charge in [-0.3, -0.25) is 0 Å². The SMILES string of the molecule is CCCCCCCC[N+](CCCCCCCC)(CCCCCCCC)C(C)c1cc(C(F)(F)F)ccc1OB(Oc1ccc(C(F)(F)F)cc1)Oc1ccc(C(F)(F)F)cc1.FC(F)(F)c1cc[c-]cc1. The zero-order valence-electron chi connectivity index (χ0n) is 41.4. The van der Waals surface area contributed by atoms with Crippen LogP contribution in [0, 0.1) is 6.07 Å². The van der Waals surface area contributed by atoms with E-state index in [2.05, 4.69) is 26.8 Å². The Morgan fingerprint density at radius 3 is 1.08 bits per heavy atom. The number of hydrogen-bond donors (Lipinski definition) is 0. The molecule has 0 spiro atoms. The molecule has 0 saturated carbocycles. The van der Waals surface area contributed by atoms with Crippen molar-refractivity contribution < 1.29 is 71.1 Å². The molecule has 17 heteroatoms. The van der Waals surface area contributed by atoms with Crippen molar-refractivity contribution in [3.8, 4) is 17.2 Å². The Balaban J connectivity index is 0.00000118. The maximum atomic E-state index is 14.5. The lowest BCUT2D eigenvalue weighted by Gasteiger charge is -2.45. The summed E-state index contributed by atoms with van der Waals surface area (Å²) in [6.45, 7) is 10.7. The van der Waals surface area contributed by atoms with Crippen LogP contribution < -0.4 is 14.0 Å². The number of benzene rings is 4. The van der Waals surface area contributed by atoms with Crippen LogP contribution in [0.4, 0.5) is 52.7 Å². The second-order valence-corrected chi connectivity index (χ2v) is 18.1. The van der Waals surface area contributed by atoms with Gasteiger partial charge in [-0.2, -0.15) is 83.0 Å². The van der Waals surface area contributed by atoms with E-state index in [0.717, 1.165) is 208 Å². The average Bonchev–Trinajstić information content (AvgIpc) is 3.31. The van der Waals surface area contributed by atoms with Crippen molar-refractivity contribution in [3.63, 3.8) is 0 Å². The van der Waals surface area contributed by atoms with Crippen molar-refractivity contribution in [3.05, 3.63) is 125 Å². The van der Waals surface area contributed by atoms with Gasteiger partial charge in [0, 0.05) is 0 Å². The Labute approximate surface area is 413 Å². The van der Waals surface area contributed by atoms with E-state index in [9.17, 15) is 52.7 Å². The Kier molecular flexibility index (Phi) is 25.5. The van der Waals surface area contributed by atoms with Crippen LogP contribution in [-0.4, -0.2) is 31.4 Å². The summed E-state index contributed by atoms with van der Waals surface area (Å²) in [5.74, 6) is -0.266. The third kappa shape index (κ3) is 22.0. The van der Waals surface area contributed by atoms with Crippen LogP contribution in [0.15, 0.2) is 91.0 Å². The second kappa shape index (κ2) is 29.9. The van der Waals surface area contributed by atoms with Gasteiger partial charge in [-0.05, 0) is 112 Å². The summed E-state index contributed by atoms with van der Waals surface area (Å²) in [5, 5.41) is 0. The monoisotopic (exact) mass is 1020 g/mol. The zero-order valence-corrected chi connectivity index (χ0v) is 41.4. The standard InChI is InChI=1S/C47H66BF9NO3.C7H4F3/c1-5-8-11-14-17-20-33-58(34-21-18-15-12-9-6-2,35-22-19-16-13-10-7-3)37(4)43-36-40(47(55,56)57)27-32-44(43)61-48(59-41-28-23-38(24-29-41)45(49,50)51)60-42-30-25-39(26-31-42)46(52,53)54;8-7(9,10)6-4-2-1-3-5-6/h23-32,36-37H,5-22,33-35H2,1-4H3;2-5H/q+1;-1. The van der Waals surface area contributed by atoms with Crippen LogP contribution in [0.5, 0.6) is 17.2 Å². The van der Waals surface area contributed by atoms with E-state index < -0.39 is 60.3 Å². The largest absolute Gasteiger partial charge is 0.864 e. The highest BCUT2D eigenvalue weighted by atomic mass is 19.4. The smallest absolute Gasteiger partial charge is 0.490 e. The van der Waals surface area contributed by atoms with E-state index >= 15 is 0 Å². The summed E-state index contributed by atoms with van der Waals surface area (Å²) in [5.41, 5.74) is -3.14. The van der Waals surface area contributed by atoms with E-state index in [1.165, 1.54) is 18.2 Å². The quantitative estimate of drug-likeness (QED) is 0.0178. The van der Waals surface area contributed by atoms with Gasteiger partial charge < -0.3 is 18.4 Å². The summed E-state index contributed by atoms with van der Waals surface area (Å²) >= 11 is 0. The fourth-order valence-electron chi connectivity index (χ4n) is 8.41. The van der Waals surface area contributed by atoms with Crippen LogP contribution in [0.25, 0.3) is 0 Å². The lowest BCUT2D eigenvalue weighted by atomic mass is 9.96. The molecule has 4 aromatic rings. The molecule has 71 heavy (non-hydrogen) atoms. The first kappa shape index (κ1) is 60.8. The van der Waals surface area contributed by atoms with Crippen molar-refractivity contribution in [1.82, 2.24) is 0 Å². The molecular weight excluding hydrogens is 949 g/mol. The zero-order chi connectivity index (χ0) is 52.6. The number of nitrogens with zero attached hydrogens (tertiary/aromatic N) is 1. The summed E-state index contributed by atoms with van der Waals surface area (Å²) < 4.78 is 178. The molecule has 4 nitrogen and oxygen atoms in total. The lowest BCUT2D eigenvalue weighted by Crippen LogP contribution is -2.52. The molecule has 0 N–H and O–H groups in total. The summed E-state index contributed by atoms with van der Waals surface area (Å²) in [6, 6.07) is 16.9. The van der Waals surface area contributed by atoms with Gasteiger partial charge in [0.1, 0.15) is 23.3 Å². The molecule has 396 valence electrons. The number of unbranched alkanes of at least 4 members (excludes halogenated alkanes) is 15. The van der Waals surface area contributed by atoms with E-state index in [1.54, 1.807) is 0 Å². The third-order valence-electron chi connectivity index (χ3n) is 12.6. The van der Waals surface area contributed by atoms with Gasteiger partial charge in [0.15, 0.2) is 0 Å². The third-order valence-corrected chi connectivity index (χ3v) is 12.6. The van der Waals surface area contributed by atoms with Crippen LogP contribution >= 0.6 is 0 Å². The van der Waals surface area contributed by atoms with E-state index in [1.807, 2.05) is 6.92 Å². The Bertz CT molecular complexity index is 1940. The number of quaternary nitrogens is 1. The van der Waals surface area contributed by atoms with Gasteiger partial charge in [0.2, 0.25) is 0 Å². The number of halogens is 12. The van der Waals surface area contributed by atoms with Gasteiger partial charge in [0.05, 0.1) is 41.9 Å². The Hall–Kier alpha value is -4.54. The predicted octanol–water partition coefficient (Wildman–Crippen LogP) is 18.7. The number of alkyl halides is 12. The molecule has 0 saturated heterocycles. The molecule has 0 aliphatic rings. The van der Waals surface area contributed by atoms with Gasteiger partial charge in [0.25, 0.3) is 0 Å². The molecule has 0 aliphatic heterocycles. The first-order valence-corrected chi connectivity index (χ1v) is 25.0. The molecule has 0 aromatic heterocycles. The Morgan fingerprint density at radius 1 is 0.423 bits per heavy atom. The summed E-state index contributed by atoms with van der Waals surface area (Å²) in [4.78, 5) is 0. The van der Waals surface area contributed by atoms with Gasteiger partial charge in [-0.15, -0.1) is 0 Å². The fraction of sp³-hybridized carbons (Fsp3) is 0.556. The number of rotatable bonds is 29. The minimum absolute atomic E-state index is 0.000612. The van der Waals surface area contributed by atoms with Crippen molar-refractivity contribution >= 4 is 7.32 Å². The molecule has 0 fully saturated rings. The highest BCUT2D eigenvalue weighted by molar-refractivity contribution is 6.39. The van der Waals surface area contributed by atoms with Crippen molar-refractivity contribution in [2.45, 2.75) is 174 Å². The molecule has 4 aromatic carbocycles. The normalized spacial score (nSPS) is 12.8. The van der Waals surface area contributed by atoms with Crippen LogP contribution in [0.3, 0.4) is 0 Å². The highest BCUT2D eigenvalue weighted by Gasteiger charge is 2.41. The molecule has 0 bridgehead atoms. The average molecular weight is 1020 g/mol. The minimum Gasteiger partial charge on any atom is -0.490 e. The highest BCUT2D eigenvalue weighted by Crippen LogP contribution is 2.41. The molecular formula is C54H70BF12NO3. The molecule has 1 unspecified atom stereocenters. The second-order valence-electron chi connectivity index (χ2n) is 18.1. The molecule has 0 heterocycles. The first-order chi connectivity index (χ1) is 33.5. The van der Waals surface area contributed by atoms with Crippen molar-refractivity contribution in [1.29, 1.82) is 0 Å². The molecule has 0 aliphatic carbocycles. The van der Waals surface area contributed by atoms with Crippen LogP contribution in [-0.2, 0) is 24.7 Å². The summed E-state index contributed by atoms with van der Waals surface area (Å²) in [7, 11) is -1.83. The predicted molar refractivity (Wildman–Crippen MR) is 256 cm³/mol. The van der Waals surface area contributed by atoms with Crippen molar-refractivity contribution in [2.75, 3.05) is 19.6 Å². The number of hydrogen-bond acceptors (Lipinski definition) is 3. The van der Waals surface area contributed by atoms with E-state index in [4.69, 9.17) is 14.0 Å². The van der Waals surface area contributed by atoms with Gasteiger partial charge in [-0.1, -0.05) is 103 Å². The minimum atomic E-state index is -4.69. The van der Waals surface area contributed by atoms with Crippen molar-refractivity contribution in [2.24, 2.45) is 0 Å². The topological polar surface area (TPSA) is 27.7 Å². The molecule has 1 atom stereocenters. The fourth-order valence-corrected chi connectivity index (χ4v) is 8.41. The first-order valence-electron chi connectivity index (χ1n) is 25.0. The maximum absolute atomic E-state index is 14.5. The maximum Gasteiger partial charge on any atom is 0.864 e. The van der Waals surface area contributed by atoms with Gasteiger partial charge in [-0.25, -0.2) is 0 Å². The lowest BCUT2D eigenvalue weighted by molar-refractivity contribution is -0.956. The van der Waals surface area contributed by atoms with Crippen LogP contribution in [0.2, 0.25) is 0 Å². The van der Waals surface area contributed by atoms with E-state index in [-0.39, 0.29) is 22.8 Å². The Morgan fingerprint density at radius 2 is 0.746 bits per heavy atom.